The molecule has 1 aromatic rings. The summed E-state index contributed by atoms with van der Waals surface area (Å²) in [6.45, 7) is 8.27. The summed E-state index contributed by atoms with van der Waals surface area (Å²) in [4.78, 5) is 18.8. The third kappa shape index (κ3) is 7.47. The van der Waals surface area contributed by atoms with E-state index in [2.05, 4.69) is 15.2 Å². The number of ether oxygens (including phenoxy) is 2. The Morgan fingerprint density at radius 2 is 2.04 bits per heavy atom. The molecule has 2 rings (SSSR count). The molecular formula is C19H26F3N3O3. The van der Waals surface area contributed by atoms with Gasteiger partial charge in [-0.1, -0.05) is 19.9 Å². The molecule has 28 heavy (non-hydrogen) atoms. The second-order valence-electron chi connectivity index (χ2n) is 6.88. The second-order valence-corrected chi connectivity index (χ2v) is 6.88. The van der Waals surface area contributed by atoms with Crippen LogP contribution in [0.5, 0.6) is 0 Å². The van der Waals surface area contributed by atoms with Gasteiger partial charge in [0, 0.05) is 25.2 Å². The van der Waals surface area contributed by atoms with Crippen molar-refractivity contribution in [3.05, 3.63) is 35.4 Å². The summed E-state index contributed by atoms with van der Waals surface area (Å²) in [5, 5.41) is 2.48. The number of rotatable bonds is 6. The molecule has 0 unspecified atom stereocenters. The van der Waals surface area contributed by atoms with Crippen molar-refractivity contribution in [3.63, 3.8) is 0 Å². The van der Waals surface area contributed by atoms with Gasteiger partial charge in [0.1, 0.15) is 0 Å². The smallest absolute Gasteiger partial charge is 0.416 e. The van der Waals surface area contributed by atoms with Crippen LogP contribution in [0.1, 0.15) is 29.8 Å². The van der Waals surface area contributed by atoms with Gasteiger partial charge in [0.2, 0.25) is 0 Å². The Morgan fingerprint density at radius 1 is 1.32 bits per heavy atom. The van der Waals surface area contributed by atoms with E-state index in [1.165, 1.54) is 12.1 Å². The highest BCUT2D eigenvalue weighted by molar-refractivity contribution is 6.04. The summed E-state index contributed by atoms with van der Waals surface area (Å²) >= 11 is 0. The lowest BCUT2D eigenvalue weighted by Gasteiger charge is -2.25. The predicted octanol–water partition coefficient (Wildman–Crippen LogP) is 2.80. The van der Waals surface area contributed by atoms with E-state index in [0.29, 0.717) is 32.9 Å². The average Bonchev–Trinajstić information content (AvgIpc) is 2.66. The third-order valence-corrected chi connectivity index (χ3v) is 4.00. The van der Waals surface area contributed by atoms with Crippen LogP contribution in [0.25, 0.3) is 0 Å². The van der Waals surface area contributed by atoms with E-state index in [1.807, 2.05) is 13.8 Å². The highest BCUT2D eigenvalue weighted by Gasteiger charge is 2.31. The van der Waals surface area contributed by atoms with Crippen LogP contribution in [0.4, 0.5) is 13.2 Å². The minimum Gasteiger partial charge on any atom is -0.465 e. The number of morpholine rings is 1. The van der Waals surface area contributed by atoms with Gasteiger partial charge in [-0.15, -0.1) is 0 Å². The molecule has 0 radical (unpaired) electrons. The highest BCUT2D eigenvalue weighted by Crippen LogP contribution is 2.29. The molecule has 1 aromatic carbocycles. The van der Waals surface area contributed by atoms with Crippen molar-refractivity contribution < 1.29 is 27.4 Å². The molecule has 0 spiro atoms. The van der Waals surface area contributed by atoms with Crippen LogP contribution in [0.3, 0.4) is 0 Å². The first-order chi connectivity index (χ1) is 13.3. The van der Waals surface area contributed by atoms with Crippen LogP contribution < -0.4 is 5.32 Å². The van der Waals surface area contributed by atoms with Gasteiger partial charge in [0.15, 0.2) is 0 Å². The first-order valence-electron chi connectivity index (χ1n) is 9.21. The number of alkyl halides is 3. The number of hydrogen-bond donors (Lipinski definition) is 1. The maximum atomic E-state index is 12.9. The number of nitrogens with one attached hydrogen (secondary N) is 1. The molecule has 0 aliphatic carbocycles. The Balaban J connectivity index is 2.01. The van der Waals surface area contributed by atoms with Gasteiger partial charge in [-0.25, -0.2) is 4.99 Å². The van der Waals surface area contributed by atoms with Gasteiger partial charge >= 0.3 is 6.18 Å². The van der Waals surface area contributed by atoms with Gasteiger partial charge in [-0.3, -0.25) is 15.0 Å². The van der Waals surface area contributed by atoms with E-state index in [0.717, 1.165) is 25.2 Å². The molecule has 9 heteroatoms. The predicted molar refractivity (Wildman–Crippen MR) is 99.3 cm³/mol. The molecule has 1 fully saturated rings. The number of nitrogens with zero attached hydrogens (tertiary/aromatic N) is 2. The lowest BCUT2D eigenvalue weighted by molar-refractivity contribution is -0.137. The number of amides is 1. The van der Waals surface area contributed by atoms with E-state index in [4.69, 9.17) is 9.47 Å². The van der Waals surface area contributed by atoms with Crippen molar-refractivity contribution in [1.29, 1.82) is 0 Å². The van der Waals surface area contributed by atoms with Crippen LogP contribution in [-0.2, 0) is 15.7 Å². The summed E-state index contributed by atoms with van der Waals surface area (Å²) in [6.07, 6.45) is -4.51. The van der Waals surface area contributed by atoms with Crippen LogP contribution in [0.2, 0.25) is 0 Å². The molecule has 6 nitrogen and oxygen atoms in total. The molecule has 0 aromatic heterocycles. The summed E-state index contributed by atoms with van der Waals surface area (Å²) in [5.74, 6) is -0.491. The van der Waals surface area contributed by atoms with Crippen molar-refractivity contribution in [3.8, 4) is 0 Å². The minimum atomic E-state index is -4.51. The Bertz CT molecular complexity index is 672. The summed E-state index contributed by atoms with van der Waals surface area (Å²) in [5.41, 5.74) is -0.988. The Hall–Kier alpha value is -2.13. The molecule has 1 heterocycles. The second kappa shape index (κ2) is 10.4. The molecule has 1 saturated heterocycles. The van der Waals surface area contributed by atoms with E-state index >= 15 is 0 Å². The molecule has 0 bridgehead atoms. The van der Waals surface area contributed by atoms with Crippen LogP contribution in [-0.4, -0.2) is 62.8 Å². The molecule has 1 aliphatic rings. The Labute approximate surface area is 162 Å². The average molecular weight is 401 g/mol. The monoisotopic (exact) mass is 401 g/mol. The van der Waals surface area contributed by atoms with Gasteiger partial charge in [0.25, 0.3) is 11.9 Å². The normalized spacial score (nSPS) is 16.3. The van der Waals surface area contributed by atoms with Crippen molar-refractivity contribution in [1.82, 2.24) is 10.2 Å². The first kappa shape index (κ1) is 22.2. The molecule has 1 N–H and O–H groups in total. The number of aliphatic imine (C=N–C) groups is 1. The quantitative estimate of drug-likeness (QED) is 0.588. The number of halogens is 3. The zero-order valence-electron chi connectivity index (χ0n) is 16.1. The van der Waals surface area contributed by atoms with Crippen LogP contribution in [0.15, 0.2) is 29.3 Å². The van der Waals surface area contributed by atoms with Crippen molar-refractivity contribution in [2.75, 3.05) is 46.0 Å². The third-order valence-electron chi connectivity index (χ3n) is 4.00. The zero-order valence-corrected chi connectivity index (χ0v) is 16.1. The Morgan fingerprint density at radius 3 is 2.68 bits per heavy atom. The minimum absolute atomic E-state index is 0.0179. The Kier molecular flexibility index (Phi) is 8.25. The van der Waals surface area contributed by atoms with Crippen LogP contribution in [0, 0.1) is 5.92 Å². The summed E-state index contributed by atoms with van der Waals surface area (Å²) in [6, 6.07) is 4.26. The summed E-state index contributed by atoms with van der Waals surface area (Å²) in [7, 11) is 0. The molecular weight excluding hydrogens is 375 g/mol. The van der Waals surface area contributed by atoms with Crippen molar-refractivity contribution >= 4 is 11.9 Å². The maximum absolute atomic E-state index is 12.9. The first-order valence-corrected chi connectivity index (χ1v) is 9.21. The number of hydrogen-bond acceptors (Lipinski definition) is 5. The zero-order chi connectivity index (χ0) is 20.6. The topological polar surface area (TPSA) is 63.2 Å². The van der Waals surface area contributed by atoms with E-state index in [1.54, 1.807) is 0 Å². The number of benzene rings is 1. The van der Waals surface area contributed by atoms with E-state index in [-0.39, 0.29) is 17.5 Å². The molecule has 1 aliphatic heterocycles. The SMILES string of the molecule is CC(C)COC(=NCCN1CCOCC1)NC(=O)c1cccc(C(F)(F)F)c1. The number of carbonyl (C=O) groups excluding carboxylic acids is 1. The number of carbonyl (C=O) groups is 1. The molecule has 1 amide bonds. The fourth-order valence-electron chi connectivity index (χ4n) is 2.49. The fourth-order valence-corrected chi connectivity index (χ4v) is 2.49. The van der Waals surface area contributed by atoms with Crippen molar-refractivity contribution in [2.24, 2.45) is 10.9 Å². The van der Waals surface area contributed by atoms with E-state index < -0.39 is 17.6 Å². The van der Waals surface area contributed by atoms with Crippen molar-refractivity contribution in [2.45, 2.75) is 20.0 Å². The number of amidine groups is 1. The van der Waals surface area contributed by atoms with Gasteiger partial charge in [-0.2, -0.15) is 13.2 Å². The maximum Gasteiger partial charge on any atom is 0.416 e. The summed E-state index contributed by atoms with van der Waals surface area (Å²) < 4.78 is 49.4. The largest absolute Gasteiger partial charge is 0.465 e. The van der Waals surface area contributed by atoms with E-state index in [9.17, 15) is 18.0 Å². The van der Waals surface area contributed by atoms with Crippen LogP contribution >= 0.6 is 0 Å². The van der Waals surface area contributed by atoms with Gasteiger partial charge < -0.3 is 9.47 Å². The molecule has 0 atom stereocenters. The highest BCUT2D eigenvalue weighted by atomic mass is 19.4. The van der Waals surface area contributed by atoms with Gasteiger partial charge in [-0.05, 0) is 24.1 Å². The molecule has 0 saturated carbocycles. The lowest BCUT2D eigenvalue weighted by atomic mass is 10.1. The standard InChI is InChI=1S/C19H26F3N3O3/c1-14(2)13-28-18(23-6-7-25-8-10-27-11-9-25)24-17(26)15-4-3-5-16(12-15)19(20,21)22/h3-5,12,14H,6-11,13H2,1-2H3,(H,23,24,26). The molecule has 156 valence electrons. The lowest BCUT2D eigenvalue weighted by Crippen LogP contribution is -2.38. The van der Waals surface area contributed by atoms with Gasteiger partial charge in [0.05, 0.1) is 31.9 Å². The fraction of sp³-hybridized carbons (Fsp3) is 0.579.